The second kappa shape index (κ2) is 8.24. The van der Waals surface area contributed by atoms with Crippen molar-refractivity contribution in [2.45, 2.75) is 33.3 Å². The number of amides is 1. The SMILES string of the molecule is CC[C@H](OC(=O)c1ccc(C)c(NC(C)=O)c1)C(=O)c1ccccc1. The van der Waals surface area contributed by atoms with E-state index in [0.29, 0.717) is 17.7 Å². The van der Waals surface area contributed by atoms with Crippen molar-refractivity contribution in [1.29, 1.82) is 0 Å². The molecule has 0 aliphatic rings. The van der Waals surface area contributed by atoms with E-state index in [1.807, 2.05) is 13.0 Å². The zero-order valence-corrected chi connectivity index (χ0v) is 14.5. The maximum atomic E-state index is 12.5. The Morgan fingerprint density at radius 3 is 2.32 bits per heavy atom. The number of esters is 1. The van der Waals surface area contributed by atoms with Crippen LogP contribution < -0.4 is 5.32 Å². The monoisotopic (exact) mass is 339 g/mol. The summed E-state index contributed by atoms with van der Waals surface area (Å²) in [6, 6.07) is 13.6. The normalized spacial score (nSPS) is 11.5. The van der Waals surface area contributed by atoms with E-state index in [-0.39, 0.29) is 17.3 Å². The van der Waals surface area contributed by atoms with E-state index < -0.39 is 12.1 Å². The van der Waals surface area contributed by atoms with E-state index in [1.165, 1.54) is 6.92 Å². The highest BCUT2D eigenvalue weighted by Gasteiger charge is 2.23. The number of hydrogen-bond acceptors (Lipinski definition) is 4. The third kappa shape index (κ3) is 4.76. The van der Waals surface area contributed by atoms with E-state index in [1.54, 1.807) is 49.4 Å². The van der Waals surface area contributed by atoms with Gasteiger partial charge in [0, 0.05) is 18.2 Å². The topological polar surface area (TPSA) is 72.5 Å². The highest BCUT2D eigenvalue weighted by atomic mass is 16.5. The zero-order valence-electron chi connectivity index (χ0n) is 14.5. The van der Waals surface area contributed by atoms with Crippen molar-refractivity contribution in [2.24, 2.45) is 0 Å². The summed E-state index contributed by atoms with van der Waals surface area (Å²) < 4.78 is 5.40. The first kappa shape index (κ1) is 18.4. The number of aryl methyl sites for hydroxylation is 1. The van der Waals surface area contributed by atoms with E-state index in [4.69, 9.17) is 4.74 Å². The van der Waals surface area contributed by atoms with Crippen LogP contribution in [-0.2, 0) is 9.53 Å². The third-order valence-electron chi connectivity index (χ3n) is 3.75. The smallest absolute Gasteiger partial charge is 0.338 e. The standard InChI is InChI=1S/C20H21NO4/c1-4-18(19(23)15-8-6-5-7-9-15)25-20(24)16-11-10-13(2)17(12-16)21-14(3)22/h5-12,18H,4H2,1-3H3,(H,21,22)/t18-/m0/s1. The molecule has 25 heavy (non-hydrogen) atoms. The lowest BCUT2D eigenvalue weighted by Gasteiger charge is -2.16. The summed E-state index contributed by atoms with van der Waals surface area (Å²) >= 11 is 0. The minimum atomic E-state index is -0.847. The molecule has 5 nitrogen and oxygen atoms in total. The minimum absolute atomic E-state index is 0.223. The van der Waals surface area contributed by atoms with Gasteiger partial charge >= 0.3 is 5.97 Å². The predicted octanol–water partition coefficient (Wildman–Crippen LogP) is 3.77. The van der Waals surface area contributed by atoms with Gasteiger partial charge < -0.3 is 10.1 Å². The number of nitrogens with one attached hydrogen (secondary N) is 1. The van der Waals surface area contributed by atoms with Crippen LogP contribution in [0.15, 0.2) is 48.5 Å². The highest BCUT2D eigenvalue weighted by molar-refractivity contribution is 6.02. The van der Waals surface area contributed by atoms with Gasteiger partial charge in [-0.2, -0.15) is 0 Å². The summed E-state index contributed by atoms with van der Waals surface area (Å²) in [5.74, 6) is -1.05. The Morgan fingerprint density at radius 2 is 1.72 bits per heavy atom. The molecule has 0 radical (unpaired) electrons. The molecule has 0 saturated heterocycles. The van der Waals surface area contributed by atoms with Gasteiger partial charge in [-0.25, -0.2) is 4.79 Å². The van der Waals surface area contributed by atoms with Crippen molar-refractivity contribution < 1.29 is 19.1 Å². The van der Waals surface area contributed by atoms with Crippen LogP contribution in [-0.4, -0.2) is 23.8 Å². The van der Waals surface area contributed by atoms with Crippen LogP contribution in [0.1, 0.15) is 46.5 Å². The largest absolute Gasteiger partial charge is 0.450 e. The number of carbonyl (C=O) groups excluding carboxylic acids is 3. The molecule has 0 spiro atoms. The Bertz CT molecular complexity index is 784. The number of anilines is 1. The van der Waals surface area contributed by atoms with Crippen molar-refractivity contribution in [2.75, 3.05) is 5.32 Å². The molecule has 1 amide bonds. The van der Waals surface area contributed by atoms with Gasteiger partial charge in [-0.15, -0.1) is 0 Å². The van der Waals surface area contributed by atoms with Crippen LogP contribution in [0.2, 0.25) is 0 Å². The predicted molar refractivity (Wildman–Crippen MR) is 95.7 cm³/mol. The van der Waals surface area contributed by atoms with Gasteiger partial charge in [0.2, 0.25) is 11.7 Å². The second-order valence-electron chi connectivity index (χ2n) is 5.74. The summed E-state index contributed by atoms with van der Waals surface area (Å²) in [5.41, 5.74) is 2.17. The van der Waals surface area contributed by atoms with Crippen LogP contribution >= 0.6 is 0 Å². The molecule has 0 saturated carbocycles. The number of ether oxygens (including phenoxy) is 1. The average molecular weight is 339 g/mol. The summed E-state index contributed by atoms with van der Waals surface area (Å²) in [7, 11) is 0. The first-order valence-corrected chi connectivity index (χ1v) is 8.10. The number of ketones is 1. The quantitative estimate of drug-likeness (QED) is 0.642. The Hall–Kier alpha value is -2.95. The molecule has 0 aliphatic heterocycles. The van der Waals surface area contributed by atoms with Gasteiger partial charge in [-0.05, 0) is 31.0 Å². The molecule has 5 heteroatoms. The molecule has 2 rings (SSSR count). The highest BCUT2D eigenvalue weighted by Crippen LogP contribution is 2.19. The number of Topliss-reactive ketones (excluding diaryl/α,β-unsaturated/α-hetero) is 1. The molecule has 0 aliphatic carbocycles. The summed E-state index contributed by atoms with van der Waals surface area (Å²) in [4.78, 5) is 36.1. The van der Waals surface area contributed by atoms with Crippen LogP contribution in [0, 0.1) is 6.92 Å². The van der Waals surface area contributed by atoms with Crippen LogP contribution in [0.3, 0.4) is 0 Å². The molecule has 0 unspecified atom stereocenters. The molecular weight excluding hydrogens is 318 g/mol. The van der Waals surface area contributed by atoms with Crippen molar-refractivity contribution in [3.8, 4) is 0 Å². The Morgan fingerprint density at radius 1 is 1.04 bits per heavy atom. The number of carbonyl (C=O) groups is 3. The summed E-state index contributed by atoms with van der Waals surface area (Å²) in [5, 5.41) is 2.67. The second-order valence-corrected chi connectivity index (χ2v) is 5.74. The molecule has 0 heterocycles. The van der Waals surface area contributed by atoms with Gasteiger partial charge in [-0.1, -0.05) is 43.3 Å². The van der Waals surface area contributed by atoms with Gasteiger partial charge in [0.25, 0.3) is 0 Å². The first-order valence-electron chi connectivity index (χ1n) is 8.10. The molecule has 0 fully saturated rings. The zero-order chi connectivity index (χ0) is 18.4. The maximum Gasteiger partial charge on any atom is 0.338 e. The van der Waals surface area contributed by atoms with Gasteiger partial charge in [0.15, 0.2) is 6.10 Å². The van der Waals surface area contributed by atoms with Gasteiger partial charge in [0.1, 0.15) is 0 Å². The molecule has 0 bridgehead atoms. The summed E-state index contributed by atoms with van der Waals surface area (Å²) in [6.45, 7) is 5.01. The average Bonchev–Trinajstić information content (AvgIpc) is 2.61. The van der Waals surface area contributed by atoms with Gasteiger partial charge in [0.05, 0.1) is 5.56 Å². The molecule has 1 N–H and O–H groups in total. The number of hydrogen-bond donors (Lipinski definition) is 1. The fourth-order valence-corrected chi connectivity index (χ4v) is 2.38. The Labute approximate surface area is 147 Å². The molecule has 0 aromatic heterocycles. The lowest BCUT2D eigenvalue weighted by atomic mass is 10.0. The lowest BCUT2D eigenvalue weighted by molar-refractivity contribution is -0.114. The summed E-state index contributed by atoms with van der Waals surface area (Å²) in [6.07, 6.45) is -0.468. The number of rotatable bonds is 6. The molecule has 2 aromatic rings. The first-order chi connectivity index (χ1) is 11.9. The fraction of sp³-hybridized carbons (Fsp3) is 0.250. The van der Waals surface area contributed by atoms with Crippen LogP contribution in [0.5, 0.6) is 0 Å². The van der Waals surface area contributed by atoms with Crippen LogP contribution in [0.25, 0.3) is 0 Å². The van der Waals surface area contributed by atoms with Gasteiger partial charge in [-0.3, -0.25) is 9.59 Å². The minimum Gasteiger partial charge on any atom is -0.450 e. The molecule has 130 valence electrons. The maximum absolute atomic E-state index is 12.5. The van der Waals surface area contributed by atoms with Crippen LogP contribution in [0.4, 0.5) is 5.69 Å². The van der Waals surface area contributed by atoms with E-state index >= 15 is 0 Å². The molecule has 2 aromatic carbocycles. The van der Waals surface area contributed by atoms with E-state index in [9.17, 15) is 14.4 Å². The van der Waals surface area contributed by atoms with Crippen molar-refractivity contribution in [1.82, 2.24) is 0 Å². The lowest BCUT2D eigenvalue weighted by Crippen LogP contribution is -2.27. The Kier molecular flexibility index (Phi) is 6.06. The fourth-order valence-electron chi connectivity index (χ4n) is 2.38. The van der Waals surface area contributed by atoms with Crippen molar-refractivity contribution >= 4 is 23.3 Å². The Balaban J connectivity index is 2.17. The number of benzene rings is 2. The van der Waals surface area contributed by atoms with Crippen molar-refractivity contribution in [3.63, 3.8) is 0 Å². The molecule has 1 atom stereocenters. The van der Waals surface area contributed by atoms with Crippen molar-refractivity contribution in [3.05, 3.63) is 65.2 Å². The van der Waals surface area contributed by atoms with E-state index in [2.05, 4.69) is 5.32 Å². The molecular formula is C20H21NO4. The third-order valence-corrected chi connectivity index (χ3v) is 3.75. The van der Waals surface area contributed by atoms with E-state index in [0.717, 1.165) is 5.56 Å².